The summed E-state index contributed by atoms with van der Waals surface area (Å²) in [5.74, 6) is -0.473. The first-order valence-electron chi connectivity index (χ1n) is 10.0. The molecular weight excluding hydrogens is 407 g/mol. The topological polar surface area (TPSA) is 49.4 Å². The number of carbonyl (C=O) groups excluding carboxylic acids is 2. The Bertz CT molecular complexity index is 851. The van der Waals surface area contributed by atoms with Gasteiger partial charge in [0.15, 0.2) is 0 Å². The van der Waals surface area contributed by atoms with E-state index < -0.39 is 6.04 Å². The maximum Gasteiger partial charge on any atom is 0.245 e. The Morgan fingerprint density at radius 1 is 1.03 bits per heavy atom. The molecule has 0 saturated carbocycles. The van der Waals surface area contributed by atoms with Crippen LogP contribution in [0.3, 0.4) is 0 Å². The lowest BCUT2D eigenvalue weighted by Gasteiger charge is -2.25. The van der Waals surface area contributed by atoms with Gasteiger partial charge in [-0.25, -0.2) is 0 Å². The Balaban J connectivity index is 1.69. The average molecular weight is 433 g/mol. The number of carbonyl (C=O) groups is 2. The Morgan fingerprint density at radius 3 is 2.38 bits per heavy atom. The summed E-state index contributed by atoms with van der Waals surface area (Å²) >= 11 is 12.2. The largest absolute Gasteiger partial charge is 0.344 e. The third kappa shape index (κ3) is 5.97. The molecule has 1 N–H and O–H groups in total. The van der Waals surface area contributed by atoms with Crippen LogP contribution < -0.4 is 5.32 Å². The molecule has 1 fully saturated rings. The molecule has 2 aromatic carbocycles. The van der Waals surface area contributed by atoms with Crippen LogP contribution >= 0.6 is 23.2 Å². The molecule has 154 valence electrons. The van der Waals surface area contributed by atoms with E-state index in [0.29, 0.717) is 22.9 Å². The van der Waals surface area contributed by atoms with Crippen molar-refractivity contribution in [1.29, 1.82) is 0 Å². The number of hydrogen-bond acceptors (Lipinski definition) is 2. The molecule has 3 rings (SSSR count). The minimum atomic E-state index is -0.564. The third-order valence-corrected chi connectivity index (χ3v) is 5.89. The van der Waals surface area contributed by atoms with Gasteiger partial charge in [0.1, 0.15) is 6.04 Å². The summed E-state index contributed by atoms with van der Waals surface area (Å²) in [7, 11) is 0. The van der Waals surface area contributed by atoms with Gasteiger partial charge in [-0.05, 0) is 42.5 Å². The molecule has 1 heterocycles. The second-order valence-corrected chi connectivity index (χ2v) is 8.47. The first kappa shape index (κ1) is 21.7. The monoisotopic (exact) mass is 432 g/mol. The summed E-state index contributed by atoms with van der Waals surface area (Å²) in [5, 5.41) is 4.11. The molecule has 6 heteroatoms. The predicted molar refractivity (Wildman–Crippen MR) is 117 cm³/mol. The van der Waals surface area contributed by atoms with Crippen molar-refractivity contribution < 1.29 is 9.59 Å². The van der Waals surface area contributed by atoms with Crippen LogP contribution in [0.25, 0.3) is 0 Å². The van der Waals surface area contributed by atoms with Crippen molar-refractivity contribution in [1.82, 2.24) is 10.2 Å². The number of hydrogen-bond donors (Lipinski definition) is 1. The van der Waals surface area contributed by atoms with E-state index in [-0.39, 0.29) is 17.7 Å². The number of rotatable bonds is 7. The molecule has 2 unspecified atom stereocenters. The third-order valence-electron chi connectivity index (χ3n) is 5.30. The summed E-state index contributed by atoms with van der Waals surface area (Å²) in [6.45, 7) is 3.37. The Labute approximate surface area is 182 Å². The van der Waals surface area contributed by atoms with Crippen molar-refractivity contribution in [2.24, 2.45) is 5.92 Å². The van der Waals surface area contributed by atoms with Gasteiger partial charge < -0.3 is 10.2 Å². The molecule has 2 amide bonds. The molecule has 1 saturated heterocycles. The summed E-state index contributed by atoms with van der Waals surface area (Å²) < 4.78 is 0. The predicted octanol–water partition coefficient (Wildman–Crippen LogP) is 4.52. The van der Waals surface area contributed by atoms with Gasteiger partial charge in [-0.3, -0.25) is 9.59 Å². The van der Waals surface area contributed by atoms with Crippen LogP contribution in [0.4, 0.5) is 0 Å². The fraction of sp³-hybridized carbons (Fsp3) is 0.391. The van der Waals surface area contributed by atoms with E-state index in [2.05, 4.69) is 5.32 Å². The molecule has 1 aliphatic heterocycles. The fourth-order valence-electron chi connectivity index (χ4n) is 3.63. The normalized spacial score (nSPS) is 15.8. The van der Waals surface area contributed by atoms with E-state index in [1.165, 1.54) is 0 Å². The average Bonchev–Trinajstić information content (AvgIpc) is 3.24. The maximum absolute atomic E-state index is 13.0. The van der Waals surface area contributed by atoms with E-state index in [0.717, 1.165) is 37.1 Å². The first-order chi connectivity index (χ1) is 13.9. The van der Waals surface area contributed by atoms with Gasteiger partial charge in [-0.2, -0.15) is 0 Å². The molecule has 0 spiro atoms. The van der Waals surface area contributed by atoms with Gasteiger partial charge in [0.2, 0.25) is 11.8 Å². The van der Waals surface area contributed by atoms with Crippen molar-refractivity contribution in [2.45, 2.75) is 38.6 Å². The fourth-order valence-corrected chi connectivity index (χ4v) is 4.12. The zero-order valence-corrected chi connectivity index (χ0v) is 18.0. The van der Waals surface area contributed by atoms with Crippen LogP contribution in [0.15, 0.2) is 48.5 Å². The number of benzene rings is 2. The first-order valence-corrected chi connectivity index (χ1v) is 10.8. The highest BCUT2D eigenvalue weighted by Crippen LogP contribution is 2.23. The maximum atomic E-state index is 13.0. The van der Waals surface area contributed by atoms with Gasteiger partial charge in [-0.1, -0.05) is 66.5 Å². The number of likely N-dealkylation sites (tertiary alicyclic amines) is 1. The minimum absolute atomic E-state index is 0.00331. The number of nitrogens with one attached hydrogen (secondary N) is 1. The second kappa shape index (κ2) is 10.1. The van der Waals surface area contributed by atoms with Crippen LogP contribution in [0.5, 0.6) is 0 Å². The molecule has 0 aliphatic carbocycles. The van der Waals surface area contributed by atoms with Crippen molar-refractivity contribution in [3.63, 3.8) is 0 Å². The van der Waals surface area contributed by atoms with Crippen LogP contribution in [0.1, 0.15) is 30.9 Å². The standard InChI is InChI=1S/C23H26Cl2N2O2/c1-16(13-18-9-10-19(24)15-20(18)25)22(28)26-21(14-17-7-3-2-4-8-17)23(29)27-11-5-6-12-27/h2-4,7-10,15-16,21H,5-6,11-14H2,1H3,(H,26,28). The van der Waals surface area contributed by atoms with Gasteiger partial charge >= 0.3 is 0 Å². The van der Waals surface area contributed by atoms with E-state index >= 15 is 0 Å². The SMILES string of the molecule is CC(Cc1ccc(Cl)cc1Cl)C(=O)NC(Cc1ccccc1)C(=O)N1CCCC1. The van der Waals surface area contributed by atoms with Crippen LogP contribution in [0, 0.1) is 5.92 Å². The van der Waals surface area contributed by atoms with Gasteiger partial charge in [0, 0.05) is 35.5 Å². The molecule has 2 aromatic rings. The van der Waals surface area contributed by atoms with Gasteiger partial charge in [0.25, 0.3) is 0 Å². The zero-order chi connectivity index (χ0) is 20.8. The van der Waals surface area contributed by atoms with E-state index in [4.69, 9.17) is 23.2 Å². The van der Waals surface area contributed by atoms with Gasteiger partial charge in [-0.15, -0.1) is 0 Å². The number of halogens is 2. The van der Waals surface area contributed by atoms with Crippen molar-refractivity contribution >= 4 is 35.0 Å². The molecule has 0 radical (unpaired) electrons. The summed E-state index contributed by atoms with van der Waals surface area (Å²) in [6, 6.07) is 14.5. The number of amides is 2. The lowest BCUT2D eigenvalue weighted by molar-refractivity contribution is -0.136. The van der Waals surface area contributed by atoms with E-state index in [9.17, 15) is 9.59 Å². The molecule has 0 bridgehead atoms. The minimum Gasteiger partial charge on any atom is -0.344 e. The summed E-state index contributed by atoms with van der Waals surface area (Å²) in [6.07, 6.45) is 3.00. The molecule has 29 heavy (non-hydrogen) atoms. The lowest BCUT2D eigenvalue weighted by atomic mass is 9.98. The Hall–Kier alpha value is -2.04. The second-order valence-electron chi connectivity index (χ2n) is 7.62. The lowest BCUT2D eigenvalue weighted by Crippen LogP contribution is -2.50. The highest BCUT2D eigenvalue weighted by molar-refractivity contribution is 6.35. The zero-order valence-electron chi connectivity index (χ0n) is 16.5. The number of nitrogens with zero attached hydrogens (tertiary/aromatic N) is 1. The quantitative estimate of drug-likeness (QED) is 0.698. The van der Waals surface area contributed by atoms with Crippen LogP contribution in [-0.4, -0.2) is 35.8 Å². The smallest absolute Gasteiger partial charge is 0.245 e. The molecule has 4 nitrogen and oxygen atoms in total. The highest BCUT2D eigenvalue weighted by Gasteiger charge is 2.29. The Morgan fingerprint density at radius 2 is 1.72 bits per heavy atom. The highest BCUT2D eigenvalue weighted by atomic mass is 35.5. The molecule has 2 atom stereocenters. The van der Waals surface area contributed by atoms with E-state index in [1.54, 1.807) is 12.1 Å². The van der Waals surface area contributed by atoms with Crippen molar-refractivity contribution in [3.05, 3.63) is 69.7 Å². The van der Waals surface area contributed by atoms with Crippen LogP contribution in [0.2, 0.25) is 10.0 Å². The Kier molecular flexibility index (Phi) is 7.57. The molecule has 0 aromatic heterocycles. The molecule has 1 aliphatic rings. The van der Waals surface area contributed by atoms with Gasteiger partial charge in [0.05, 0.1) is 0 Å². The molecular formula is C23H26Cl2N2O2. The summed E-state index contributed by atoms with van der Waals surface area (Å²) in [4.78, 5) is 27.8. The van der Waals surface area contributed by atoms with Crippen molar-refractivity contribution in [3.8, 4) is 0 Å². The summed E-state index contributed by atoms with van der Waals surface area (Å²) in [5.41, 5.74) is 1.89. The van der Waals surface area contributed by atoms with Crippen molar-refractivity contribution in [2.75, 3.05) is 13.1 Å². The van der Waals surface area contributed by atoms with Crippen LogP contribution in [-0.2, 0) is 22.4 Å². The van der Waals surface area contributed by atoms with E-state index in [1.807, 2.05) is 48.2 Å².